The van der Waals surface area contributed by atoms with Crippen LogP contribution >= 0.6 is 0 Å². The van der Waals surface area contributed by atoms with E-state index in [-0.39, 0.29) is 0 Å². The van der Waals surface area contributed by atoms with Crippen molar-refractivity contribution in [1.82, 2.24) is 9.88 Å². The summed E-state index contributed by atoms with van der Waals surface area (Å²) in [5.41, 5.74) is 1.34. The van der Waals surface area contributed by atoms with Gasteiger partial charge in [-0.05, 0) is 24.6 Å². The average molecular weight is 192 g/mol. The maximum absolute atomic E-state index is 5.33. The molecule has 14 heavy (non-hydrogen) atoms. The van der Waals surface area contributed by atoms with Crippen LogP contribution in [0, 0.1) is 0 Å². The zero-order valence-corrected chi connectivity index (χ0v) is 8.52. The molecule has 3 heteroatoms. The minimum absolute atomic E-state index is 0.474. The molecule has 0 bridgehead atoms. The van der Waals surface area contributed by atoms with Crippen LogP contribution in [-0.2, 0) is 4.74 Å². The second kappa shape index (κ2) is 4.53. The van der Waals surface area contributed by atoms with E-state index in [1.165, 1.54) is 5.56 Å². The van der Waals surface area contributed by atoms with Crippen molar-refractivity contribution in [2.45, 2.75) is 13.0 Å². The number of ether oxygens (including phenoxy) is 1. The molecule has 0 spiro atoms. The van der Waals surface area contributed by atoms with Gasteiger partial charge in [0.1, 0.15) is 0 Å². The Morgan fingerprint density at radius 1 is 1.29 bits per heavy atom. The van der Waals surface area contributed by atoms with Crippen molar-refractivity contribution in [3.8, 4) is 0 Å². The first-order valence-electron chi connectivity index (χ1n) is 5.09. The van der Waals surface area contributed by atoms with E-state index in [0.29, 0.717) is 6.04 Å². The molecule has 3 nitrogen and oxygen atoms in total. The first kappa shape index (κ1) is 9.62. The van der Waals surface area contributed by atoms with Gasteiger partial charge in [-0.1, -0.05) is 0 Å². The molecule has 1 saturated heterocycles. The number of hydrogen-bond acceptors (Lipinski definition) is 3. The Bertz CT molecular complexity index is 270. The second-order valence-electron chi connectivity index (χ2n) is 3.60. The van der Waals surface area contributed by atoms with Crippen LogP contribution < -0.4 is 0 Å². The maximum Gasteiger partial charge on any atom is 0.0594 e. The molecule has 0 N–H and O–H groups in total. The lowest BCUT2D eigenvalue weighted by Crippen LogP contribution is -2.37. The van der Waals surface area contributed by atoms with Gasteiger partial charge in [0.15, 0.2) is 0 Å². The van der Waals surface area contributed by atoms with Crippen LogP contribution in [0.15, 0.2) is 24.5 Å². The Labute approximate surface area is 84.7 Å². The Hall–Kier alpha value is -0.930. The molecule has 1 atom stereocenters. The molecule has 0 unspecified atom stereocenters. The lowest BCUT2D eigenvalue weighted by atomic mass is 10.1. The lowest BCUT2D eigenvalue weighted by molar-refractivity contribution is 0.0198. The molecule has 0 aliphatic carbocycles. The minimum Gasteiger partial charge on any atom is -0.379 e. The number of pyridine rings is 1. The van der Waals surface area contributed by atoms with Crippen LogP contribution in [0.25, 0.3) is 0 Å². The first-order chi connectivity index (χ1) is 6.88. The van der Waals surface area contributed by atoms with Crippen LogP contribution in [0.2, 0.25) is 0 Å². The van der Waals surface area contributed by atoms with Gasteiger partial charge in [-0.15, -0.1) is 0 Å². The van der Waals surface area contributed by atoms with Gasteiger partial charge in [0.2, 0.25) is 0 Å². The van der Waals surface area contributed by atoms with E-state index in [2.05, 4.69) is 28.9 Å². The molecule has 0 radical (unpaired) electrons. The zero-order chi connectivity index (χ0) is 9.80. The normalized spacial score (nSPS) is 20.6. The predicted octanol–water partition coefficient (Wildman–Crippen LogP) is 1.47. The van der Waals surface area contributed by atoms with Crippen molar-refractivity contribution >= 4 is 0 Å². The summed E-state index contributed by atoms with van der Waals surface area (Å²) in [6.45, 7) is 6.01. The summed E-state index contributed by atoms with van der Waals surface area (Å²) in [5, 5.41) is 0. The quantitative estimate of drug-likeness (QED) is 0.709. The number of morpholine rings is 1. The van der Waals surface area contributed by atoms with Gasteiger partial charge >= 0.3 is 0 Å². The van der Waals surface area contributed by atoms with Gasteiger partial charge < -0.3 is 4.74 Å². The molecule has 1 aromatic heterocycles. The second-order valence-corrected chi connectivity index (χ2v) is 3.60. The summed E-state index contributed by atoms with van der Waals surface area (Å²) in [6, 6.07) is 4.64. The van der Waals surface area contributed by atoms with E-state index in [4.69, 9.17) is 4.74 Å². The van der Waals surface area contributed by atoms with Gasteiger partial charge in [-0.2, -0.15) is 0 Å². The minimum atomic E-state index is 0.474. The molecule has 2 rings (SSSR count). The lowest BCUT2D eigenvalue weighted by Gasteiger charge is -2.32. The molecule has 0 amide bonds. The number of nitrogens with zero attached hydrogens (tertiary/aromatic N) is 2. The fraction of sp³-hybridized carbons (Fsp3) is 0.545. The topological polar surface area (TPSA) is 25.4 Å². The number of rotatable bonds is 2. The van der Waals surface area contributed by atoms with Crippen molar-refractivity contribution in [3.05, 3.63) is 30.1 Å². The van der Waals surface area contributed by atoms with Crippen LogP contribution in [0.5, 0.6) is 0 Å². The molecule has 0 saturated carbocycles. The van der Waals surface area contributed by atoms with E-state index in [0.717, 1.165) is 26.3 Å². The third kappa shape index (κ3) is 2.11. The molecule has 76 valence electrons. The zero-order valence-electron chi connectivity index (χ0n) is 8.52. The third-order valence-electron chi connectivity index (χ3n) is 2.78. The summed E-state index contributed by atoms with van der Waals surface area (Å²) in [6.07, 6.45) is 3.71. The van der Waals surface area contributed by atoms with Gasteiger partial charge in [0, 0.05) is 31.5 Å². The van der Waals surface area contributed by atoms with Crippen molar-refractivity contribution in [3.63, 3.8) is 0 Å². The van der Waals surface area contributed by atoms with E-state index in [1.54, 1.807) is 0 Å². The van der Waals surface area contributed by atoms with Crippen molar-refractivity contribution in [2.24, 2.45) is 0 Å². The van der Waals surface area contributed by atoms with Crippen LogP contribution in [0.1, 0.15) is 18.5 Å². The summed E-state index contributed by atoms with van der Waals surface area (Å²) < 4.78 is 5.33. The Morgan fingerprint density at radius 2 is 1.93 bits per heavy atom. The SMILES string of the molecule is C[C@H](c1ccncc1)N1CCOCC1. The van der Waals surface area contributed by atoms with Gasteiger partial charge in [-0.25, -0.2) is 0 Å². The summed E-state index contributed by atoms with van der Waals surface area (Å²) in [7, 11) is 0. The molecule has 1 fully saturated rings. The average Bonchev–Trinajstić information content (AvgIpc) is 2.30. The van der Waals surface area contributed by atoms with Crippen molar-refractivity contribution in [2.75, 3.05) is 26.3 Å². The van der Waals surface area contributed by atoms with E-state index in [1.807, 2.05) is 12.4 Å². The molecule has 2 heterocycles. The predicted molar refractivity (Wildman–Crippen MR) is 55.0 cm³/mol. The van der Waals surface area contributed by atoms with E-state index in [9.17, 15) is 0 Å². The van der Waals surface area contributed by atoms with Gasteiger partial charge in [0.05, 0.1) is 13.2 Å². The number of hydrogen-bond donors (Lipinski definition) is 0. The smallest absolute Gasteiger partial charge is 0.0594 e. The van der Waals surface area contributed by atoms with Crippen molar-refractivity contribution < 1.29 is 4.74 Å². The Kier molecular flexibility index (Phi) is 3.11. The summed E-state index contributed by atoms with van der Waals surface area (Å²) in [5.74, 6) is 0. The van der Waals surface area contributed by atoms with Crippen LogP contribution in [0.3, 0.4) is 0 Å². The van der Waals surface area contributed by atoms with Crippen LogP contribution in [-0.4, -0.2) is 36.2 Å². The maximum atomic E-state index is 5.33. The fourth-order valence-corrected chi connectivity index (χ4v) is 1.82. The molecular weight excluding hydrogens is 176 g/mol. The Morgan fingerprint density at radius 3 is 2.57 bits per heavy atom. The highest BCUT2D eigenvalue weighted by atomic mass is 16.5. The molecule has 1 aliphatic heterocycles. The van der Waals surface area contributed by atoms with Gasteiger partial charge in [-0.3, -0.25) is 9.88 Å². The molecule has 1 aliphatic rings. The summed E-state index contributed by atoms with van der Waals surface area (Å²) in [4.78, 5) is 6.47. The molecule has 1 aromatic rings. The molecule has 0 aromatic carbocycles. The van der Waals surface area contributed by atoms with E-state index >= 15 is 0 Å². The monoisotopic (exact) mass is 192 g/mol. The van der Waals surface area contributed by atoms with E-state index < -0.39 is 0 Å². The first-order valence-corrected chi connectivity index (χ1v) is 5.09. The summed E-state index contributed by atoms with van der Waals surface area (Å²) >= 11 is 0. The van der Waals surface area contributed by atoms with Crippen LogP contribution in [0.4, 0.5) is 0 Å². The molecular formula is C11H16N2O. The Balaban J connectivity index is 2.03. The number of aromatic nitrogens is 1. The largest absolute Gasteiger partial charge is 0.379 e. The fourth-order valence-electron chi connectivity index (χ4n) is 1.82. The van der Waals surface area contributed by atoms with Crippen molar-refractivity contribution in [1.29, 1.82) is 0 Å². The highest BCUT2D eigenvalue weighted by molar-refractivity contribution is 5.14. The third-order valence-corrected chi connectivity index (χ3v) is 2.78. The highest BCUT2D eigenvalue weighted by Gasteiger charge is 2.17. The standard InChI is InChI=1S/C11H16N2O/c1-10(11-2-4-12-5-3-11)13-6-8-14-9-7-13/h2-5,10H,6-9H2,1H3/t10-/m1/s1. The highest BCUT2D eigenvalue weighted by Crippen LogP contribution is 2.19. The van der Waals surface area contributed by atoms with Gasteiger partial charge in [0.25, 0.3) is 0 Å².